The van der Waals surface area contributed by atoms with Crippen molar-refractivity contribution >= 4 is 0 Å². The molecule has 12 heavy (non-hydrogen) atoms. The SMILES string of the molecule is C1=COC=CO1.C1CNCCN1. The van der Waals surface area contributed by atoms with Gasteiger partial charge in [0.1, 0.15) is 25.0 Å². The number of rotatable bonds is 0. The Hall–Kier alpha value is -1.00. The molecule has 2 aliphatic heterocycles. The molecule has 2 aliphatic rings. The lowest BCUT2D eigenvalue weighted by molar-refractivity contribution is 0.290. The van der Waals surface area contributed by atoms with Crippen molar-refractivity contribution in [3.8, 4) is 0 Å². The second-order valence-corrected chi connectivity index (χ2v) is 2.32. The molecular weight excluding hydrogens is 156 g/mol. The van der Waals surface area contributed by atoms with Crippen molar-refractivity contribution in [3.05, 3.63) is 25.0 Å². The largest absolute Gasteiger partial charge is 0.466 e. The van der Waals surface area contributed by atoms with Crippen molar-refractivity contribution in [3.63, 3.8) is 0 Å². The van der Waals surface area contributed by atoms with Crippen LogP contribution in [0, 0.1) is 0 Å². The molecule has 0 aliphatic carbocycles. The molecule has 0 amide bonds. The van der Waals surface area contributed by atoms with Gasteiger partial charge >= 0.3 is 0 Å². The second-order valence-electron chi connectivity index (χ2n) is 2.32. The van der Waals surface area contributed by atoms with Crippen LogP contribution in [0.2, 0.25) is 0 Å². The monoisotopic (exact) mass is 170 g/mol. The third kappa shape index (κ3) is 4.76. The van der Waals surface area contributed by atoms with Gasteiger partial charge in [-0.25, -0.2) is 0 Å². The van der Waals surface area contributed by atoms with Gasteiger partial charge < -0.3 is 20.1 Å². The predicted octanol–water partition coefficient (Wildman–Crippen LogP) is 0.155. The summed E-state index contributed by atoms with van der Waals surface area (Å²) in [6.45, 7) is 4.56. The molecule has 0 aromatic rings. The van der Waals surface area contributed by atoms with Gasteiger partial charge in [-0.15, -0.1) is 0 Å². The zero-order valence-corrected chi connectivity index (χ0v) is 6.95. The number of piperazine rings is 1. The molecule has 2 N–H and O–H groups in total. The average molecular weight is 170 g/mol. The van der Waals surface area contributed by atoms with Crippen LogP contribution in [0.3, 0.4) is 0 Å². The summed E-state index contributed by atoms with van der Waals surface area (Å²) in [5.41, 5.74) is 0. The minimum absolute atomic E-state index is 1.14. The second kappa shape index (κ2) is 6.69. The predicted molar refractivity (Wildman–Crippen MR) is 46.2 cm³/mol. The van der Waals surface area contributed by atoms with Crippen LogP contribution in [0.5, 0.6) is 0 Å². The van der Waals surface area contributed by atoms with E-state index in [1.807, 2.05) is 0 Å². The Morgan fingerprint density at radius 2 is 1.00 bits per heavy atom. The Kier molecular flexibility index (Phi) is 5.07. The van der Waals surface area contributed by atoms with E-state index in [9.17, 15) is 0 Å². The Morgan fingerprint density at radius 3 is 1.17 bits per heavy atom. The first-order valence-electron chi connectivity index (χ1n) is 4.02. The van der Waals surface area contributed by atoms with Crippen molar-refractivity contribution < 1.29 is 9.47 Å². The molecule has 2 rings (SSSR count). The smallest absolute Gasteiger partial charge is 0.125 e. The number of nitrogens with one attached hydrogen (secondary N) is 2. The first-order valence-corrected chi connectivity index (χ1v) is 4.02. The maximum Gasteiger partial charge on any atom is 0.125 e. The minimum Gasteiger partial charge on any atom is -0.466 e. The van der Waals surface area contributed by atoms with Crippen LogP contribution >= 0.6 is 0 Å². The topological polar surface area (TPSA) is 42.5 Å². The fourth-order valence-electron chi connectivity index (χ4n) is 0.823. The van der Waals surface area contributed by atoms with E-state index in [-0.39, 0.29) is 0 Å². The van der Waals surface area contributed by atoms with E-state index < -0.39 is 0 Å². The van der Waals surface area contributed by atoms with Crippen molar-refractivity contribution in [1.82, 2.24) is 10.6 Å². The number of ether oxygens (including phenoxy) is 2. The fraction of sp³-hybridized carbons (Fsp3) is 0.500. The van der Waals surface area contributed by atoms with Crippen LogP contribution in [0.4, 0.5) is 0 Å². The summed E-state index contributed by atoms with van der Waals surface area (Å²) in [4.78, 5) is 0. The molecule has 1 saturated heterocycles. The Bertz CT molecular complexity index is 122. The third-order valence-electron chi connectivity index (χ3n) is 1.38. The van der Waals surface area contributed by atoms with Gasteiger partial charge in [-0.3, -0.25) is 0 Å². The zero-order valence-electron chi connectivity index (χ0n) is 6.95. The molecule has 4 nitrogen and oxygen atoms in total. The van der Waals surface area contributed by atoms with Gasteiger partial charge in [0.25, 0.3) is 0 Å². The van der Waals surface area contributed by atoms with E-state index >= 15 is 0 Å². The molecule has 0 aromatic carbocycles. The van der Waals surface area contributed by atoms with Crippen LogP contribution in [0.1, 0.15) is 0 Å². The average Bonchev–Trinajstić information content (AvgIpc) is 2.24. The summed E-state index contributed by atoms with van der Waals surface area (Å²) in [7, 11) is 0. The zero-order chi connectivity index (χ0) is 8.49. The van der Waals surface area contributed by atoms with Gasteiger partial charge in [0.05, 0.1) is 0 Å². The van der Waals surface area contributed by atoms with Gasteiger partial charge in [0.15, 0.2) is 0 Å². The maximum atomic E-state index is 4.58. The lowest BCUT2D eigenvalue weighted by atomic mass is 10.4. The van der Waals surface area contributed by atoms with E-state index in [2.05, 4.69) is 20.1 Å². The first-order chi connectivity index (χ1) is 6.00. The van der Waals surface area contributed by atoms with Gasteiger partial charge in [0.2, 0.25) is 0 Å². The molecule has 0 bridgehead atoms. The van der Waals surface area contributed by atoms with Crippen LogP contribution < -0.4 is 10.6 Å². The normalized spacial score (nSPS) is 20.0. The number of hydrogen-bond donors (Lipinski definition) is 2. The molecule has 68 valence electrons. The van der Waals surface area contributed by atoms with Crippen LogP contribution in [-0.4, -0.2) is 26.2 Å². The highest BCUT2D eigenvalue weighted by atomic mass is 16.5. The van der Waals surface area contributed by atoms with E-state index in [1.54, 1.807) is 0 Å². The van der Waals surface area contributed by atoms with Crippen molar-refractivity contribution in [2.75, 3.05) is 26.2 Å². The molecule has 0 radical (unpaired) electrons. The lowest BCUT2D eigenvalue weighted by Crippen LogP contribution is -2.39. The standard InChI is InChI=1S/C4H10N2.C4H4O2/c2*1-2-6-4-3-5-1/h5-6H,1-4H2;1-4H. The lowest BCUT2D eigenvalue weighted by Gasteiger charge is -2.11. The van der Waals surface area contributed by atoms with Gasteiger partial charge in [-0.1, -0.05) is 0 Å². The van der Waals surface area contributed by atoms with E-state index in [4.69, 9.17) is 0 Å². The van der Waals surface area contributed by atoms with Crippen LogP contribution in [-0.2, 0) is 9.47 Å². The van der Waals surface area contributed by atoms with Gasteiger partial charge in [-0.05, 0) is 0 Å². The Balaban J connectivity index is 0.000000120. The van der Waals surface area contributed by atoms with Gasteiger partial charge in [0, 0.05) is 26.2 Å². The molecule has 0 aromatic heterocycles. The summed E-state index contributed by atoms with van der Waals surface area (Å²) in [6, 6.07) is 0. The molecule has 0 saturated carbocycles. The van der Waals surface area contributed by atoms with Crippen LogP contribution in [0.25, 0.3) is 0 Å². The molecule has 4 heteroatoms. The summed E-state index contributed by atoms with van der Waals surface area (Å²) >= 11 is 0. The minimum atomic E-state index is 1.14. The Labute approximate surface area is 72.2 Å². The highest BCUT2D eigenvalue weighted by Crippen LogP contribution is 1.89. The van der Waals surface area contributed by atoms with E-state index in [1.165, 1.54) is 25.0 Å². The first kappa shape index (κ1) is 9.09. The quantitative estimate of drug-likeness (QED) is 0.543. The number of hydrogen-bond acceptors (Lipinski definition) is 4. The highest BCUT2D eigenvalue weighted by molar-refractivity contribution is 4.77. The molecule has 0 atom stereocenters. The van der Waals surface area contributed by atoms with Crippen molar-refractivity contribution in [2.24, 2.45) is 0 Å². The van der Waals surface area contributed by atoms with Gasteiger partial charge in [-0.2, -0.15) is 0 Å². The van der Waals surface area contributed by atoms with Crippen molar-refractivity contribution in [2.45, 2.75) is 0 Å². The molecule has 2 heterocycles. The maximum absolute atomic E-state index is 4.58. The summed E-state index contributed by atoms with van der Waals surface area (Å²) in [6.07, 6.45) is 5.83. The van der Waals surface area contributed by atoms with Crippen molar-refractivity contribution in [1.29, 1.82) is 0 Å². The summed E-state index contributed by atoms with van der Waals surface area (Å²) < 4.78 is 9.17. The fourth-order valence-corrected chi connectivity index (χ4v) is 0.823. The highest BCUT2D eigenvalue weighted by Gasteiger charge is 1.91. The summed E-state index contributed by atoms with van der Waals surface area (Å²) in [5.74, 6) is 0. The van der Waals surface area contributed by atoms with E-state index in [0.717, 1.165) is 26.2 Å². The Morgan fingerprint density at radius 1 is 0.667 bits per heavy atom. The molecule has 1 fully saturated rings. The third-order valence-corrected chi connectivity index (χ3v) is 1.38. The van der Waals surface area contributed by atoms with E-state index in [0.29, 0.717) is 0 Å². The molecule has 0 unspecified atom stereocenters. The molecule has 0 spiro atoms. The summed E-state index contributed by atoms with van der Waals surface area (Å²) in [5, 5.41) is 6.44. The molecular formula is C8H14N2O2. The van der Waals surface area contributed by atoms with Crippen LogP contribution in [0.15, 0.2) is 25.0 Å².